The Balaban J connectivity index is 2.36. The van der Waals surface area contributed by atoms with E-state index < -0.39 is 23.1 Å². The van der Waals surface area contributed by atoms with Gasteiger partial charge in [-0.1, -0.05) is 18.2 Å². The topological polar surface area (TPSA) is 84.0 Å². The molecule has 0 unspecified atom stereocenters. The summed E-state index contributed by atoms with van der Waals surface area (Å²) < 4.78 is 13.5. The summed E-state index contributed by atoms with van der Waals surface area (Å²) in [7, 11) is 0. The monoisotopic (exact) mass is 263 g/mol. The van der Waals surface area contributed by atoms with Crippen molar-refractivity contribution in [3.8, 4) is 0 Å². The Labute approximate surface area is 106 Å². The van der Waals surface area contributed by atoms with E-state index in [0.717, 1.165) is 5.56 Å². The number of amides is 1. The molecule has 7 heteroatoms. The van der Waals surface area contributed by atoms with Crippen LogP contribution < -0.4 is 16.6 Å². The molecule has 1 amide bonds. The lowest BCUT2D eigenvalue weighted by Crippen LogP contribution is -2.37. The molecule has 0 saturated heterocycles. The van der Waals surface area contributed by atoms with Crippen LogP contribution in [0.15, 0.2) is 40.1 Å². The SMILES string of the molecule is Cc1ccccc1NC(=O)n1cc(F)c(=O)[nH]c1=O. The summed E-state index contributed by atoms with van der Waals surface area (Å²) in [4.78, 5) is 35.8. The normalized spacial score (nSPS) is 10.2. The summed E-state index contributed by atoms with van der Waals surface area (Å²) in [6.45, 7) is 1.77. The van der Waals surface area contributed by atoms with Gasteiger partial charge in [-0.2, -0.15) is 4.39 Å². The van der Waals surface area contributed by atoms with E-state index >= 15 is 0 Å². The van der Waals surface area contributed by atoms with Crippen molar-refractivity contribution in [2.75, 3.05) is 5.32 Å². The highest BCUT2D eigenvalue weighted by Crippen LogP contribution is 2.12. The third-order valence-electron chi connectivity index (χ3n) is 2.50. The van der Waals surface area contributed by atoms with Gasteiger partial charge in [-0.15, -0.1) is 0 Å². The summed E-state index contributed by atoms with van der Waals surface area (Å²) in [5, 5.41) is 2.45. The van der Waals surface area contributed by atoms with Gasteiger partial charge in [-0.3, -0.25) is 9.78 Å². The van der Waals surface area contributed by atoms with Crippen LogP contribution in [0.2, 0.25) is 0 Å². The van der Waals surface area contributed by atoms with Crippen LogP contribution in [0.3, 0.4) is 0 Å². The van der Waals surface area contributed by atoms with E-state index in [4.69, 9.17) is 0 Å². The number of anilines is 1. The number of halogens is 1. The summed E-state index contributed by atoms with van der Waals surface area (Å²) in [5.41, 5.74) is -0.887. The fraction of sp³-hybridized carbons (Fsp3) is 0.0833. The van der Waals surface area contributed by atoms with Gasteiger partial charge in [0.25, 0.3) is 5.56 Å². The van der Waals surface area contributed by atoms with Crippen molar-refractivity contribution in [3.05, 3.63) is 62.7 Å². The summed E-state index contributed by atoms with van der Waals surface area (Å²) in [6, 6.07) is 6.05. The van der Waals surface area contributed by atoms with Crippen LogP contribution in [0.4, 0.5) is 14.9 Å². The molecule has 0 aliphatic rings. The van der Waals surface area contributed by atoms with E-state index in [0.29, 0.717) is 16.5 Å². The van der Waals surface area contributed by atoms with Gasteiger partial charge < -0.3 is 5.32 Å². The molecule has 0 bridgehead atoms. The number of para-hydroxylation sites is 1. The minimum absolute atomic E-state index is 0.461. The van der Waals surface area contributed by atoms with Gasteiger partial charge in [0.05, 0.1) is 6.20 Å². The number of aromatic nitrogens is 2. The van der Waals surface area contributed by atoms with E-state index in [1.165, 1.54) is 0 Å². The average Bonchev–Trinajstić information content (AvgIpc) is 2.36. The number of carbonyl (C=O) groups excluding carboxylic acids is 1. The molecule has 98 valence electrons. The number of rotatable bonds is 1. The first-order valence-corrected chi connectivity index (χ1v) is 5.37. The molecule has 0 fully saturated rings. The maximum Gasteiger partial charge on any atom is 0.336 e. The van der Waals surface area contributed by atoms with Crippen molar-refractivity contribution in [1.82, 2.24) is 9.55 Å². The molecule has 1 heterocycles. The second-order valence-electron chi connectivity index (χ2n) is 3.85. The molecule has 0 aliphatic carbocycles. The Kier molecular flexibility index (Phi) is 3.28. The van der Waals surface area contributed by atoms with Crippen molar-refractivity contribution in [3.63, 3.8) is 0 Å². The number of nitrogens with zero attached hydrogens (tertiary/aromatic N) is 1. The first-order chi connectivity index (χ1) is 8.99. The Morgan fingerprint density at radius 2 is 2.00 bits per heavy atom. The second kappa shape index (κ2) is 4.89. The van der Waals surface area contributed by atoms with Crippen molar-refractivity contribution in [1.29, 1.82) is 0 Å². The van der Waals surface area contributed by atoms with Crippen LogP contribution in [0, 0.1) is 12.7 Å². The fourth-order valence-electron chi connectivity index (χ4n) is 1.49. The summed E-state index contributed by atoms with van der Waals surface area (Å²) in [5.74, 6) is -1.21. The summed E-state index contributed by atoms with van der Waals surface area (Å²) in [6.07, 6.45) is 0.550. The Morgan fingerprint density at radius 1 is 1.32 bits per heavy atom. The van der Waals surface area contributed by atoms with Gasteiger partial charge in [-0.05, 0) is 18.6 Å². The average molecular weight is 263 g/mol. The fourth-order valence-corrected chi connectivity index (χ4v) is 1.49. The lowest BCUT2D eigenvalue weighted by Gasteiger charge is -2.08. The molecule has 0 radical (unpaired) electrons. The second-order valence-corrected chi connectivity index (χ2v) is 3.85. The first kappa shape index (κ1) is 12.7. The molecule has 2 aromatic rings. The smallest absolute Gasteiger partial charge is 0.307 e. The number of carbonyl (C=O) groups is 1. The largest absolute Gasteiger partial charge is 0.336 e. The van der Waals surface area contributed by atoms with E-state index in [9.17, 15) is 18.8 Å². The zero-order chi connectivity index (χ0) is 14.0. The van der Waals surface area contributed by atoms with Crippen LogP contribution in [0.5, 0.6) is 0 Å². The van der Waals surface area contributed by atoms with Gasteiger partial charge >= 0.3 is 11.7 Å². The van der Waals surface area contributed by atoms with Gasteiger partial charge in [0, 0.05) is 5.69 Å². The van der Waals surface area contributed by atoms with Crippen molar-refractivity contribution < 1.29 is 9.18 Å². The third kappa shape index (κ3) is 2.59. The minimum Gasteiger partial charge on any atom is -0.307 e. The van der Waals surface area contributed by atoms with Crippen LogP contribution >= 0.6 is 0 Å². The van der Waals surface area contributed by atoms with E-state index in [1.807, 2.05) is 0 Å². The number of hydrogen-bond acceptors (Lipinski definition) is 3. The Morgan fingerprint density at radius 3 is 2.68 bits per heavy atom. The highest BCUT2D eigenvalue weighted by molar-refractivity contribution is 5.91. The molecular weight excluding hydrogens is 253 g/mol. The van der Waals surface area contributed by atoms with Gasteiger partial charge in [0.2, 0.25) is 5.82 Å². The molecule has 0 atom stereocenters. The third-order valence-corrected chi connectivity index (χ3v) is 2.50. The predicted octanol–water partition coefficient (Wildman–Crippen LogP) is 1.06. The maximum absolute atomic E-state index is 13.1. The highest BCUT2D eigenvalue weighted by Gasteiger charge is 2.11. The molecule has 0 spiro atoms. The van der Waals surface area contributed by atoms with E-state index in [1.54, 1.807) is 36.2 Å². The molecule has 2 N–H and O–H groups in total. The van der Waals surface area contributed by atoms with Crippen molar-refractivity contribution in [2.24, 2.45) is 0 Å². The maximum atomic E-state index is 13.1. The van der Waals surface area contributed by atoms with Crippen molar-refractivity contribution in [2.45, 2.75) is 6.92 Å². The van der Waals surface area contributed by atoms with Gasteiger partial charge in [0.1, 0.15) is 0 Å². The molecule has 6 nitrogen and oxygen atoms in total. The van der Waals surface area contributed by atoms with E-state index in [-0.39, 0.29) is 0 Å². The number of aryl methyl sites for hydroxylation is 1. The molecule has 0 saturated carbocycles. The lowest BCUT2D eigenvalue weighted by molar-refractivity contribution is 0.252. The number of H-pyrrole nitrogens is 1. The number of benzene rings is 1. The zero-order valence-corrected chi connectivity index (χ0v) is 9.94. The van der Waals surface area contributed by atoms with Crippen molar-refractivity contribution >= 4 is 11.7 Å². The Hall–Kier alpha value is -2.70. The summed E-state index contributed by atoms with van der Waals surface area (Å²) >= 11 is 0. The Bertz CT molecular complexity index is 748. The van der Waals surface area contributed by atoms with Gasteiger partial charge in [-0.25, -0.2) is 14.2 Å². The minimum atomic E-state index is -1.21. The standard InChI is InChI=1S/C12H10FN3O3/c1-7-4-2-3-5-9(7)14-11(18)16-6-8(13)10(17)15-12(16)19/h2-6H,1H3,(H,14,18)(H,15,17,19). The molecule has 1 aromatic carbocycles. The molecule has 0 aliphatic heterocycles. The van der Waals surface area contributed by atoms with Crippen LogP contribution in [-0.2, 0) is 0 Å². The first-order valence-electron chi connectivity index (χ1n) is 5.37. The molecule has 2 rings (SSSR count). The van der Waals surface area contributed by atoms with Gasteiger partial charge in [0.15, 0.2) is 0 Å². The van der Waals surface area contributed by atoms with Crippen LogP contribution in [0.25, 0.3) is 0 Å². The number of nitrogens with one attached hydrogen (secondary N) is 2. The highest BCUT2D eigenvalue weighted by atomic mass is 19.1. The molecule has 1 aromatic heterocycles. The quantitative estimate of drug-likeness (QED) is 0.807. The predicted molar refractivity (Wildman–Crippen MR) is 66.9 cm³/mol. The zero-order valence-electron chi connectivity index (χ0n) is 9.94. The van der Waals surface area contributed by atoms with Crippen LogP contribution in [-0.4, -0.2) is 15.6 Å². The van der Waals surface area contributed by atoms with E-state index in [2.05, 4.69) is 5.32 Å². The van der Waals surface area contributed by atoms with Crippen LogP contribution in [0.1, 0.15) is 5.56 Å². The molecule has 19 heavy (non-hydrogen) atoms. The number of aromatic amines is 1. The lowest BCUT2D eigenvalue weighted by atomic mass is 10.2. The number of hydrogen-bond donors (Lipinski definition) is 2. The molecular formula is C12H10FN3O3.